The Kier molecular flexibility index (Phi) is 8.01. The normalized spacial score (nSPS) is 18.4. The fraction of sp³-hybridized carbons (Fsp3) is 0.529. The van der Waals surface area contributed by atoms with Crippen molar-refractivity contribution in [2.45, 2.75) is 32.2 Å². The zero-order valence-electron chi connectivity index (χ0n) is 13.9. The molecule has 0 radical (unpaired) electrons. The molecule has 0 saturated carbocycles. The van der Waals surface area contributed by atoms with Gasteiger partial charge in [-0.25, -0.2) is 0 Å². The Balaban J connectivity index is 0.00000288. The third-order valence-electron chi connectivity index (χ3n) is 4.26. The van der Waals surface area contributed by atoms with E-state index in [2.05, 4.69) is 0 Å². The van der Waals surface area contributed by atoms with Gasteiger partial charge in [0.15, 0.2) is 0 Å². The highest BCUT2D eigenvalue weighted by atomic mass is 35.5. The molecule has 0 aliphatic carbocycles. The van der Waals surface area contributed by atoms with Crippen molar-refractivity contribution in [1.29, 1.82) is 0 Å². The molecule has 0 bridgehead atoms. The Labute approximate surface area is 148 Å². The third-order valence-corrected chi connectivity index (χ3v) is 4.26. The summed E-state index contributed by atoms with van der Waals surface area (Å²) in [5, 5.41) is 0. The summed E-state index contributed by atoms with van der Waals surface area (Å²) in [6, 6.07) is 6.76. The number of ether oxygens (including phenoxy) is 1. The van der Waals surface area contributed by atoms with Gasteiger partial charge in [-0.1, -0.05) is 6.07 Å². The van der Waals surface area contributed by atoms with E-state index in [4.69, 9.17) is 16.2 Å². The number of carbonyl (C=O) groups excluding carboxylic acids is 2. The summed E-state index contributed by atoms with van der Waals surface area (Å²) in [6.45, 7) is 3.79. The first kappa shape index (κ1) is 20.3. The lowest BCUT2D eigenvalue weighted by Crippen LogP contribution is -2.45. The molecule has 1 aliphatic heterocycles. The zero-order valence-corrected chi connectivity index (χ0v) is 14.8. The first-order valence-corrected chi connectivity index (χ1v) is 8.03. The molecule has 1 saturated heterocycles. The van der Waals surface area contributed by atoms with Crippen LogP contribution in [0.1, 0.15) is 36.5 Å². The molecule has 0 aromatic heterocycles. The number of hydrogen-bond acceptors (Lipinski definition) is 4. The molecule has 2 rings (SSSR count). The van der Waals surface area contributed by atoms with Crippen LogP contribution in [0.25, 0.3) is 0 Å². The number of likely N-dealkylation sites (tertiary alicyclic amines) is 1. The average Bonchev–Trinajstić information content (AvgIpc) is 2.55. The number of primary amides is 1. The highest BCUT2D eigenvalue weighted by molar-refractivity contribution is 5.93. The van der Waals surface area contributed by atoms with E-state index in [9.17, 15) is 9.59 Å². The van der Waals surface area contributed by atoms with Gasteiger partial charge in [0.1, 0.15) is 5.75 Å². The number of nitrogens with two attached hydrogens (primary N) is 2. The van der Waals surface area contributed by atoms with Crippen molar-refractivity contribution in [1.82, 2.24) is 4.90 Å². The maximum atomic E-state index is 12.3. The van der Waals surface area contributed by atoms with Crippen LogP contribution in [0.15, 0.2) is 24.3 Å². The lowest BCUT2D eigenvalue weighted by molar-refractivity contribution is -0.133. The molecule has 1 aromatic rings. The van der Waals surface area contributed by atoms with E-state index in [1.54, 1.807) is 24.3 Å². The maximum Gasteiger partial charge on any atom is 0.248 e. The minimum atomic E-state index is -0.498. The van der Waals surface area contributed by atoms with Gasteiger partial charge in [-0.2, -0.15) is 0 Å². The molecule has 134 valence electrons. The first-order chi connectivity index (χ1) is 11.0. The fourth-order valence-electron chi connectivity index (χ4n) is 2.82. The van der Waals surface area contributed by atoms with Gasteiger partial charge in [-0.15, -0.1) is 12.4 Å². The third kappa shape index (κ3) is 5.69. The minimum absolute atomic E-state index is 0. The molecule has 1 heterocycles. The molecule has 1 aliphatic rings. The van der Waals surface area contributed by atoms with Gasteiger partial charge in [0.05, 0.1) is 13.0 Å². The largest absolute Gasteiger partial charge is 0.493 e. The van der Waals surface area contributed by atoms with Crippen LogP contribution in [0, 0.1) is 5.92 Å². The number of piperidine rings is 1. The summed E-state index contributed by atoms with van der Waals surface area (Å²) in [4.78, 5) is 25.3. The highest BCUT2D eigenvalue weighted by Crippen LogP contribution is 2.19. The van der Waals surface area contributed by atoms with Crippen LogP contribution in [0.4, 0.5) is 0 Å². The van der Waals surface area contributed by atoms with Crippen LogP contribution in [0.2, 0.25) is 0 Å². The zero-order chi connectivity index (χ0) is 16.8. The summed E-state index contributed by atoms with van der Waals surface area (Å²) in [5.74, 6) is 0.505. The molecule has 4 N–H and O–H groups in total. The summed E-state index contributed by atoms with van der Waals surface area (Å²) >= 11 is 0. The van der Waals surface area contributed by atoms with E-state index < -0.39 is 5.91 Å². The van der Waals surface area contributed by atoms with E-state index in [1.165, 1.54) is 0 Å². The van der Waals surface area contributed by atoms with E-state index >= 15 is 0 Å². The fourth-order valence-corrected chi connectivity index (χ4v) is 2.82. The molecule has 1 aromatic carbocycles. The molecule has 2 amide bonds. The smallest absolute Gasteiger partial charge is 0.248 e. The van der Waals surface area contributed by atoms with Crippen LogP contribution in [0.3, 0.4) is 0 Å². The molecule has 7 heteroatoms. The van der Waals surface area contributed by atoms with Crippen LogP contribution in [-0.4, -0.2) is 42.5 Å². The van der Waals surface area contributed by atoms with Gasteiger partial charge < -0.3 is 21.1 Å². The lowest BCUT2D eigenvalue weighted by Gasteiger charge is -2.34. The number of rotatable bonds is 6. The van der Waals surface area contributed by atoms with Gasteiger partial charge in [0, 0.05) is 24.7 Å². The predicted octanol–water partition coefficient (Wildman–Crippen LogP) is 1.56. The van der Waals surface area contributed by atoms with Gasteiger partial charge in [0.2, 0.25) is 11.8 Å². The SMILES string of the molecule is CC(N)C1CCCN(C(=O)CCOc2cccc(C(N)=O)c2)C1.Cl. The Hall–Kier alpha value is -1.79. The quantitative estimate of drug-likeness (QED) is 0.808. The van der Waals surface area contributed by atoms with Crippen molar-refractivity contribution in [3.05, 3.63) is 29.8 Å². The number of amides is 2. The summed E-state index contributed by atoms with van der Waals surface area (Å²) in [7, 11) is 0. The van der Waals surface area contributed by atoms with Crippen molar-refractivity contribution in [2.75, 3.05) is 19.7 Å². The number of nitrogens with zero attached hydrogens (tertiary/aromatic N) is 1. The standard InChI is InChI=1S/C17H25N3O3.ClH/c1-12(18)14-5-3-8-20(11-14)16(21)7-9-23-15-6-2-4-13(10-15)17(19)22;/h2,4,6,10,12,14H,3,5,7-9,11,18H2,1H3,(H2,19,22);1H. The molecule has 2 atom stereocenters. The van der Waals surface area contributed by atoms with Crippen LogP contribution >= 0.6 is 12.4 Å². The topological polar surface area (TPSA) is 98.7 Å². The molecular weight excluding hydrogens is 330 g/mol. The van der Waals surface area contributed by atoms with Crippen LogP contribution in [0.5, 0.6) is 5.75 Å². The van der Waals surface area contributed by atoms with Crippen molar-refractivity contribution in [3.63, 3.8) is 0 Å². The van der Waals surface area contributed by atoms with Crippen LogP contribution in [-0.2, 0) is 4.79 Å². The number of carbonyl (C=O) groups is 2. The Morgan fingerprint density at radius 2 is 2.17 bits per heavy atom. The van der Waals surface area contributed by atoms with Gasteiger partial charge >= 0.3 is 0 Å². The van der Waals surface area contributed by atoms with Crippen molar-refractivity contribution < 1.29 is 14.3 Å². The average molecular weight is 356 g/mol. The second kappa shape index (κ2) is 9.49. The molecule has 2 unspecified atom stereocenters. The predicted molar refractivity (Wildman–Crippen MR) is 95.3 cm³/mol. The maximum absolute atomic E-state index is 12.3. The van der Waals surface area contributed by atoms with Crippen LogP contribution < -0.4 is 16.2 Å². The van der Waals surface area contributed by atoms with Crippen molar-refractivity contribution in [3.8, 4) is 5.75 Å². The summed E-state index contributed by atoms with van der Waals surface area (Å²) < 4.78 is 5.55. The van der Waals surface area contributed by atoms with Gasteiger partial charge in [-0.05, 0) is 43.9 Å². The number of halogens is 1. The molecule has 6 nitrogen and oxygen atoms in total. The Bertz CT molecular complexity index is 566. The van der Waals surface area contributed by atoms with Crippen molar-refractivity contribution in [2.24, 2.45) is 17.4 Å². The Morgan fingerprint density at radius 3 is 2.83 bits per heavy atom. The molecule has 1 fully saturated rings. The second-order valence-electron chi connectivity index (χ2n) is 6.09. The molecular formula is C17H26ClN3O3. The molecule has 0 spiro atoms. The second-order valence-corrected chi connectivity index (χ2v) is 6.09. The van der Waals surface area contributed by atoms with E-state index in [-0.39, 0.29) is 31.0 Å². The van der Waals surface area contributed by atoms with E-state index in [0.717, 1.165) is 25.9 Å². The summed E-state index contributed by atoms with van der Waals surface area (Å²) in [6.07, 6.45) is 2.39. The number of hydrogen-bond donors (Lipinski definition) is 2. The van der Waals surface area contributed by atoms with E-state index in [1.807, 2.05) is 11.8 Å². The first-order valence-electron chi connectivity index (χ1n) is 8.03. The number of benzene rings is 1. The van der Waals surface area contributed by atoms with Gasteiger partial charge in [0.25, 0.3) is 0 Å². The van der Waals surface area contributed by atoms with Crippen molar-refractivity contribution >= 4 is 24.2 Å². The summed E-state index contributed by atoms with van der Waals surface area (Å²) in [5.41, 5.74) is 11.6. The highest BCUT2D eigenvalue weighted by Gasteiger charge is 2.25. The van der Waals surface area contributed by atoms with Gasteiger partial charge in [-0.3, -0.25) is 9.59 Å². The minimum Gasteiger partial charge on any atom is -0.493 e. The monoisotopic (exact) mass is 355 g/mol. The van der Waals surface area contributed by atoms with E-state index in [0.29, 0.717) is 23.7 Å². The lowest BCUT2D eigenvalue weighted by atomic mass is 9.92. The molecule has 24 heavy (non-hydrogen) atoms. The Morgan fingerprint density at radius 1 is 1.42 bits per heavy atom.